The van der Waals surface area contributed by atoms with E-state index in [1.807, 2.05) is 67.0 Å². The van der Waals surface area contributed by atoms with Gasteiger partial charge < -0.3 is 14.2 Å². The standard InChI is InChI=1S/C22H23FN6O/c1-22(20(25-27-26-22)16-9-11-17(23)12-10-16)30-14-13-19-15-24-21(29(19)3)28(2)18-7-5-4-6-8-18/h4-12,15H,13-14H2,1-3H3. The number of anilines is 2. The average Bonchev–Trinajstić information content (AvgIpc) is 3.32. The molecule has 0 N–H and O–H groups in total. The lowest BCUT2D eigenvalue weighted by molar-refractivity contribution is 0.0281. The molecule has 0 amide bonds. The number of halogens is 1. The molecule has 4 rings (SSSR count). The molecule has 1 aromatic heterocycles. The van der Waals surface area contributed by atoms with Gasteiger partial charge in [-0.05, 0) is 48.5 Å². The van der Waals surface area contributed by atoms with Crippen molar-refractivity contribution in [3.8, 4) is 0 Å². The molecule has 7 nitrogen and oxygen atoms in total. The van der Waals surface area contributed by atoms with Crippen LogP contribution in [0.1, 0.15) is 18.2 Å². The summed E-state index contributed by atoms with van der Waals surface area (Å²) in [6, 6.07) is 16.1. The van der Waals surface area contributed by atoms with Crippen molar-refractivity contribution in [1.82, 2.24) is 9.55 Å². The van der Waals surface area contributed by atoms with E-state index in [2.05, 4.69) is 20.4 Å². The highest BCUT2D eigenvalue weighted by Gasteiger charge is 2.36. The van der Waals surface area contributed by atoms with Crippen LogP contribution in [0.4, 0.5) is 16.0 Å². The molecule has 154 valence electrons. The fourth-order valence-corrected chi connectivity index (χ4v) is 3.42. The Hall–Kier alpha value is -3.39. The number of hydrogen-bond donors (Lipinski definition) is 0. The number of imidazole rings is 1. The number of aromatic nitrogens is 2. The molecule has 1 aliphatic rings. The van der Waals surface area contributed by atoms with Gasteiger partial charge in [-0.15, -0.1) is 10.2 Å². The summed E-state index contributed by atoms with van der Waals surface area (Å²) in [5.74, 6) is 0.540. The first-order valence-corrected chi connectivity index (χ1v) is 9.67. The molecular weight excluding hydrogens is 383 g/mol. The summed E-state index contributed by atoms with van der Waals surface area (Å²) in [7, 11) is 3.98. The predicted molar refractivity (Wildman–Crippen MR) is 114 cm³/mol. The second-order valence-corrected chi connectivity index (χ2v) is 7.23. The van der Waals surface area contributed by atoms with Crippen molar-refractivity contribution < 1.29 is 9.13 Å². The number of nitrogens with zero attached hydrogens (tertiary/aromatic N) is 6. The molecular formula is C22H23FN6O. The molecule has 0 saturated heterocycles. The van der Waals surface area contributed by atoms with E-state index in [0.717, 1.165) is 22.9 Å². The average molecular weight is 406 g/mol. The topological polar surface area (TPSA) is 67.4 Å². The summed E-state index contributed by atoms with van der Waals surface area (Å²) in [4.78, 5) is 6.60. The maximum absolute atomic E-state index is 13.2. The first kappa shape index (κ1) is 19.9. The second kappa shape index (κ2) is 8.16. The molecule has 0 saturated carbocycles. The van der Waals surface area contributed by atoms with Crippen LogP contribution < -0.4 is 4.90 Å². The quantitative estimate of drug-likeness (QED) is 0.581. The molecule has 8 heteroatoms. The SMILES string of the molecule is CN(c1ccccc1)c1ncc(CCOC2(C)N=NN=C2c2ccc(F)cc2)n1C. The first-order valence-electron chi connectivity index (χ1n) is 9.67. The molecule has 0 aliphatic carbocycles. The smallest absolute Gasteiger partial charge is 0.223 e. The van der Waals surface area contributed by atoms with Crippen LogP contribution in [0, 0.1) is 5.82 Å². The van der Waals surface area contributed by atoms with Crippen molar-refractivity contribution in [2.45, 2.75) is 19.1 Å². The van der Waals surface area contributed by atoms with E-state index >= 15 is 0 Å². The van der Waals surface area contributed by atoms with Crippen LogP contribution in [0.15, 0.2) is 76.2 Å². The third-order valence-corrected chi connectivity index (χ3v) is 5.18. The number of hydrogen-bond acceptors (Lipinski definition) is 6. The monoisotopic (exact) mass is 406 g/mol. The third kappa shape index (κ3) is 3.86. The molecule has 0 spiro atoms. The van der Waals surface area contributed by atoms with Gasteiger partial charge in [-0.25, -0.2) is 9.37 Å². The molecule has 30 heavy (non-hydrogen) atoms. The molecule has 0 radical (unpaired) electrons. The molecule has 1 atom stereocenters. The lowest BCUT2D eigenvalue weighted by atomic mass is 10.0. The fourth-order valence-electron chi connectivity index (χ4n) is 3.42. The van der Waals surface area contributed by atoms with Crippen molar-refractivity contribution in [3.63, 3.8) is 0 Å². The summed E-state index contributed by atoms with van der Waals surface area (Å²) in [5.41, 5.74) is 2.40. The minimum atomic E-state index is -1.000. The normalized spacial score (nSPS) is 17.9. The van der Waals surface area contributed by atoms with Gasteiger partial charge >= 0.3 is 0 Å². The van der Waals surface area contributed by atoms with Crippen LogP contribution in [0.2, 0.25) is 0 Å². The van der Waals surface area contributed by atoms with E-state index < -0.39 is 5.72 Å². The minimum Gasteiger partial charge on any atom is -0.347 e. The summed E-state index contributed by atoms with van der Waals surface area (Å²) in [6.07, 6.45) is 2.50. The van der Waals surface area contributed by atoms with Crippen LogP contribution in [0.25, 0.3) is 0 Å². The Morgan fingerprint density at radius 3 is 2.57 bits per heavy atom. The van der Waals surface area contributed by atoms with Gasteiger partial charge in [0.15, 0.2) is 0 Å². The number of rotatable bonds is 7. The van der Waals surface area contributed by atoms with Crippen molar-refractivity contribution in [2.75, 3.05) is 18.6 Å². The van der Waals surface area contributed by atoms with E-state index in [1.165, 1.54) is 12.1 Å². The van der Waals surface area contributed by atoms with Crippen LogP contribution in [-0.2, 0) is 18.2 Å². The van der Waals surface area contributed by atoms with Gasteiger partial charge in [0.25, 0.3) is 0 Å². The van der Waals surface area contributed by atoms with Gasteiger partial charge in [-0.1, -0.05) is 18.2 Å². The van der Waals surface area contributed by atoms with Gasteiger partial charge in [-0.3, -0.25) is 0 Å². The highest BCUT2D eigenvalue weighted by atomic mass is 19.1. The lowest BCUT2D eigenvalue weighted by Crippen LogP contribution is -2.35. The molecule has 1 unspecified atom stereocenters. The van der Waals surface area contributed by atoms with Crippen LogP contribution >= 0.6 is 0 Å². The summed E-state index contributed by atoms with van der Waals surface area (Å²) in [5, 5.41) is 12.0. The fraction of sp³-hybridized carbons (Fsp3) is 0.273. The first-order chi connectivity index (χ1) is 14.5. The van der Waals surface area contributed by atoms with Crippen molar-refractivity contribution >= 4 is 17.3 Å². The zero-order valence-corrected chi connectivity index (χ0v) is 17.2. The van der Waals surface area contributed by atoms with Gasteiger partial charge in [0.05, 0.1) is 12.8 Å². The molecule has 0 fully saturated rings. The van der Waals surface area contributed by atoms with Crippen LogP contribution in [-0.4, -0.2) is 34.6 Å². The summed E-state index contributed by atoms with van der Waals surface area (Å²) in [6.45, 7) is 2.22. The zero-order chi connectivity index (χ0) is 21.1. The number of benzene rings is 2. The largest absolute Gasteiger partial charge is 0.347 e. The Balaban J connectivity index is 1.42. The summed E-state index contributed by atoms with van der Waals surface area (Å²) >= 11 is 0. The molecule has 1 aliphatic heterocycles. The van der Waals surface area contributed by atoms with Gasteiger partial charge in [0.1, 0.15) is 11.5 Å². The van der Waals surface area contributed by atoms with Gasteiger partial charge in [0.2, 0.25) is 11.7 Å². The van der Waals surface area contributed by atoms with Gasteiger partial charge in [-0.2, -0.15) is 0 Å². The van der Waals surface area contributed by atoms with Crippen LogP contribution in [0.3, 0.4) is 0 Å². The summed E-state index contributed by atoms with van der Waals surface area (Å²) < 4.78 is 21.3. The van der Waals surface area contributed by atoms with E-state index in [0.29, 0.717) is 18.7 Å². The highest BCUT2D eigenvalue weighted by Crippen LogP contribution is 2.27. The second-order valence-electron chi connectivity index (χ2n) is 7.23. The van der Waals surface area contributed by atoms with E-state index in [-0.39, 0.29) is 5.82 Å². The minimum absolute atomic E-state index is 0.304. The Morgan fingerprint density at radius 2 is 1.83 bits per heavy atom. The van der Waals surface area contributed by atoms with Crippen LogP contribution in [0.5, 0.6) is 0 Å². The Kier molecular flexibility index (Phi) is 5.41. The third-order valence-electron chi connectivity index (χ3n) is 5.18. The maximum Gasteiger partial charge on any atom is 0.223 e. The Morgan fingerprint density at radius 1 is 1.10 bits per heavy atom. The zero-order valence-electron chi connectivity index (χ0n) is 17.2. The highest BCUT2D eigenvalue weighted by molar-refractivity contribution is 6.06. The molecule has 2 aromatic carbocycles. The maximum atomic E-state index is 13.2. The van der Waals surface area contributed by atoms with E-state index in [4.69, 9.17) is 4.74 Å². The van der Waals surface area contributed by atoms with Gasteiger partial charge in [0, 0.05) is 37.5 Å². The number of ether oxygens (including phenoxy) is 1. The van der Waals surface area contributed by atoms with E-state index in [1.54, 1.807) is 12.1 Å². The van der Waals surface area contributed by atoms with Crippen molar-refractivity contribution in [3.05, 3.63) is 77.9 Å². The Bertz CT molecular complexity index is 1080. The van der Waals surface area contributed by atoms with Crippen molar-refractivity contribution in [2.24, 2.45) is 22.5 Å². The predicted octanol–water partition coefficient (Wildman–Crippen LogP) is 4.47. The number of para-hydroxylation sites is 1. The molecule has 2 heterocycles. The molecule has 0 bridgehead atoms. The van der Waals surface area contributed by atoms with Crippen molar-refractivity contribution in [1.29, 1.82) is 0 Å². The lowest BCUT2D eigenvalue weighted by Gasteiger charge is -2.22. The molecule has 3 aromatic rings. The Labute approximate surface area is 174 Å². The van der Waals surface area contributed by atoms with E-state index in [9.17, 15) is 4.39 Å².